The smallest absolute Gasteiger partial charge is 0.496 e. The van der Waals surface area contributed by atoms with E-state index in [0.717, 1.165) is 17.7 Å². The molecule has 1 N–H and O–H groups in total. The van der Waals surface area contributed by atoms with Crippen LogP contribution in [-0.4, -0.2) is 24.4 Å². The third-order valence-corrected chi connectivity index (χ3v) is 3.78. The molecule has 0 atom stereocenters. The van der Waals surface area contributed by atoms with Crippen LogP contribution in [0.3, 0.4) is 0 Å². The van der Waals surface area contributed by atoms with Gasteiger partial charge in [0.25, 0.3) is 5.91 Å². The molecule has 144 valence electrons. The zero-order chi connectivity index (χ0) is 20.1. The van der Waals surface area contributed by atoms with Crippen molar-refractivity contribution in [3.63, 3.8) is 0 Å². The summed E-state index contributed by atoms with van der Waals surface area (Å²) in [6.07, 6.45) is -1.48. The number of methoxy groups -OCH3 is 1. The summed E-state index contributed by atoms with van der Waals surface area (Å²) in [6.45, 7) is 0. The third kappa shape index (κ3) is 4.79. The van der Waals surface area contributed by atoms with E-state index in [-0.39, 0.29) is 5.75 Å². The van der Waals surface area contributed by atoms with Gasteiger partial charge in [0, 0.05) is 34.8 Å². The number of anilines is 1. The SMILES string of the molecule is COc1ccc(C(=O)Nc2ccc(OC(F)(F)F)cc2)cc1-c1cccnc1. The van der Waals surface area contributed by atoms with Gasteiger partial charge >= 0.3 is 6.36 Å². The van der Waals surface area contributed by atoms with E-state index >= 15 is 0 Å². The molecule has 8 heteroatoms. The summed E-state index contributed by atoms with van der Waals surface area (Å²) in [5.74, 6) is -0.204. The zero-order valence-corrected chi connectivity index (χ0v) is 14.7. The Morgan fingerprint density at radius 2 is 1.82 bits per heavy atom. The summed E-state index contributed by atoms with van der Waals surface area (Å²) in [6, 6.07) is 13.4. The number of carbonyl (C=O) groups is 1. The van der Waals surface area contributed by atoms with Crippen molar-refractivity contribution in [1.82, 2.24) is 4.98 Å². The molecule has 0 aliphatic rings. The second-order valence-corrected chi connectivity index (χ2v) is 5.68. The van der Waals surface area contributed by atoms with Gasteiger partial charge in [0.2, 0.25) is 0 Å². The van der Waals surface area contributed by atoms with Gasteiger partial charge in [0.1, 0.15) is 11.5 Å². The normalized spacial score (nSPS) is 11.0. The molecule has 0 saturated heterocycles. The topological polar surface area (TPSA) is 60.5 Å². The van der Waals surface area contributed by atoms with Gasteiger partial charge < -0.3 is 14.8 Å². The molecule has 5 nitrogen and oxygen atoms in total. The maximum atomic E-state index is 12.5. The van der Waals surface area contributed by atoms with Gasteiger partial charge in [-0.25, -0.2) is 0 Å². The summed E-state index contributed by atoms with van der Waals surface area (Å²) in [5.41, 5.74) is 2.16. The molecule has 3 rings (SSSR count). The summed E-state index contributed by atoms with van der Waals surface area (Å²) < 4.78 is 45.8. The minimum Gasteiger partial charge on any atom is -0.496 e. The van der Waals surface area contributed by atoms with Crippen LogP contribution >= 0.6 is 0 Å². The second-order valence-electron chi connectivity index (χ2n) is 5.68. The minimum atomic E-state index is -4.77. The van der Waals surface area contributed by atoms with Crippen molar-refractivity contribution in [3.8, 4) is 22.6 Å². The number of rotatable bonds is 5. The first-order chi connectivity index (χ1) is 13.4. The van der Waals surface area contributed by atoms with Crippen molar-refractivity contribution in [3.05, 3.63) is 72.6 Å². The molecule has 0 unspecified atom stereocenters. The predicted octanol–water partition coefficient (Wildman–Crippen LogP) is 4.91. The van der Waals surface area contributed by atoms with E-state index in [9.17, 15) is 18.0 Å². The maximum Gasteiger partial charge on any atom is 0.573 e. The number of amides is 1. The van der Waals surface area contributed by atoms with Gasteiger partial charge in [-0.2, -0.15) is 0 Å². The van der Waals surface area contributed by atoms with Gasteiger partial charge in [0.05, 0.1) is 7.11 Å². The van der Waals surface area contributed by atoms with Crippen molar-refractivity contribution in [2.45, 2.75) is 6.36 Å². The van der Waals surface area contributed by atoms with Crippen LogP contribution in [0.4, 0.5) is 18.9 Å². The van der Waals surface area contributed by atoms with E-state index in [0.29, 0.717) is 22.6 Å². The summed E-state index contributed by atoms with van der Waals surface area (Å²) in [4.78, 5) is 16.6. The highest BCUT2D eigenvalue weighted by atomic mass is 19.4. The number of alkyl halides is 3. The number of pyridine rings is 1. The highest BCUT2D eigenvalue weighted by Crippen LogP contribution is 2.31. The van der Waals surface area contributed by atoms with E-state index < -0.39 is 12.3 Å². The molecular formula is C20H15F3N2O3. The fourth-order valence-corrected chi connectivity index (χ4v) is 2.54. The Balaban J connectivity index is 1.79. The number of aromatic nitrogens is 1. The van der Waals surface area contributed by atoms with Crippen LogP contribution in [0.5, 0.6) is 11.5 Å². The standard InChI is InChI=1S/C20H15F3N2O3/c1-27-18-9-4-13(11-17(18)14-3-2-10-24-12-14)19(26)25-15-5-7-16(8-6-15)28-20(21,22)23/h2-12H,1H3,(H,25,26). The van der Waals surface area contributed by atoms with E-state index in [4.69, 9.17) is 4.74 Å². The first kappa shape index (κ1) is 19.2. The average Bonchev–Trinajstić information content (AvgIpc) is 2.68. The molecule has 0 aliphatic heterocycles. The molecule has 0 saturated carbocycles. The first-order valence-corrected chi connectivity index (χ1v) is 8.11. The van der Waals surface area contributed by atoms with E-state index in [1.54, 1.807) is 36.7 Å². The first-order valence-electron chi connectivity index (χ1n) is 8.11. The van der Waals surface area contributed by atoms with E-state index in [1.807, 2.05) is 6.07 Å². The average molecular weight is 388 g/mol. The molecule has 0 radical (unpaired) electrons. The van der Waals surface area contributed by atoms with Gasteiger partial charge in [-0.05, 0) is 48.5 Å². The second kappa shape index (κ2) is 7.99. The lowest BCUT2D eigenvalue weighted by molar-refractivity contribution is -0.274. The lowest BCUT2D eigenvalue weighted by Gasteiger charge is -2.12. The third-order valence-electron chi connectivity index (χ3n) is 3.78. The lowest BCUT2D eigenvalue weighted by atomic mass is 10.0. The monoisotopic (exact) mass is 388 g/mol. The summed E-state index contributed by atoms with van der Waals surface area (Å²) in [7, 11) is 1.53. The fraction of sp³-hybridized carbons (Fsp3) is 0.100. The minimum absolute atomic E-state index is 0.332. The molecule has 0 fully saturated rings. The van der Waals surface area contributed by atoms with Crippen LogP contribution in [0.25, 0.3) is 11.1 Å². The largest absolute Gasteiger partial charge is 0.573 e. The van der Waals surface area contributed by atoms with Crippen LogP contribution in [-0.2, 0) is 0 Å². The van der Waals surface area contributed by atoms with Crippen molar-refractivity contribution >= 4 is 11.6 Å². The Hall–Kier alpha value is -3.55. The van der Waals surface area contributed by atoms with Gasteiger partial charge in [-0.3, -0.25) is 9.78 Å². The summed E-state index contributed by atoms with van der Waals surface area (Å²) in [5, 5.41) is 2.63. The fourth-order valence-electron chi connectivity index (χ4n) is 2.54. The lowest BCUT2D eigenvalue weighted by Crippen LogP contribution is -2.17. The number of carbonyl (C=O) groups excluding carboxylic acids is 1. The number of nitrogens with zero attached hydrogens (tertiary/aromatic N) is 1. The Morgan fingerprint density at radius 3 is 2.43 bits per heavy atom. The maximum absolute atomic E-state index is 12.5. The van der Waals surface area contributed by atoms with Crippen LogP contribution in [0, 0.1) is 0 Å². The van der Waals surface area contributed by atoms with Gasteiger partial charge in [-0.15, -0.1) is 13.2 Å². The zero-order valence-electron chi connectivity index (χ0n) is 14.7. The molecular weight excluding hydrogens is 373 g/mol. The van der Waals surface area contributed by atoms with E-state index in [1.165, 1.54) is 19.2 Å². The number of hydrogen-bond acceptors (Lipinski definition) is 4. The van der Waals surface area contributed by atoms with Crippen LogP contribution in [0.1, 0.15) is 10.4 Å². The van der Waals surface area contributed by atoms with Gasteiger partial charge in [-0.1, -0.05) is 6.07 Å². The highest BCUT2D eigenvalue weighted by molar-refractivity contribution is 6.05. The predicted molar refractivity (Wildman–Crippen MR) is 97.3 cm³/mol. The van der Waals surface area contributed by atoms with Crippen LogP contribution in [0.15, 0.2) is 67.0 Å². The number of benzene rings is 2. The number of nitrogens with one attached hydrogen (secondary N) is 1. The molecule has 1 heterocycles. The molecule has 3 aromatic rings. The number of halogens is 3. The van der Waals surface area contributed by atoms with Crippen molar-refractivity contribution < 1.29 is 27.4 Å². The molecule has 0 aliphatic carbocycles. The van der Waals surface area contributed by atoms with Crippen molar-refractivity contribution in [2.75, 3.05) is 12.4 Å². The molecule has 2 aromatic carbocycles. The van der Waals surface area contributed by atoms with Gasteiger partial charge in [0.15, 0.2) is 0 Å². The quantitative estimate of drug-likeness (QED) is 0.675. The van der Waals surface area contributed by atoms with Crippen molar-refractivity contribution in [1.29, 1.82) is 0 Å². The van der Waals surface area contributed by atoms with Crippen molar-refractivity contribution in [2.24, 2.45) is 0 Å². The highest BCUT2D eigenvalue weighted by Gasteiger charge is 2.30. The molecule has 0 bridgehead atoms. The molecule has 0 spiro atoms. The molecule has 1 aromatic heterocycles. The Bertz CT molecular complexity index is 959. The molecule has 1 amide bonds. The number of ether oxygens (including phenoxy) is 2. The van der Waals surface area contributed by atoms with Crippen LogP contribution < -0.4 is 14.8 Å². The Kier molecular flexibility index (Phi) is 5.49. The van der Waals surface area contributed by atoms with Crippen LogP contribution in [0.2, 0.25) is 0 Å². The Labute approximate surface area is 158 Å². The summed E-state index contributed by atoms with van der Waals surface area (Å²) >= 11 is 0. The number of hydrogen-bond donors (Lipinski definition) is 1. The Morgan fingerprint density at radius 1 is 1.07 bits per heavy atom. The van der Waals surface area contributed by atoms with E-state index in [2.05, 4.69) is 15.0 Å². The molecule has 28 heavy (non-hydrogen) atoms.